The van der Waals surface area contributed by atoms with Crippen molar-refractivity contribution in [1.29, 1.82) is 0 Å². The molecular weight excluding hydrogens is 304 g/mol. The molecule has 0 amide bonds. The lowest BCUT2D eigenvalue weighted by molar-refractivity contribution is 0.0318. The van der Waals surface area contributed by atoms with E-state index in [0.717, 1.165) is 11.8 Å². The Morgan fingerprint density at radius 2 is 1.91 bits per heavy atom. The predicted octanol–water partition coefficient (Wildman–Crippen LogP) is 4.91. The molecule has 0 bridgehead atoms. The van der Waals surface area contributed by atoms with Gasteiger partial charge in [0.05, 0.1) is 18.0 Å². The lowest BCUT2D eigenvalue weighted by atomic mass is 9.66. The van der Waals surface area contributed by atoms with E-state index in [9.17, 15) is 5.11 Å². The summed E-state index contributed by atoms with van der Waals surface area (Å²) in [5.41, 5.74) is 1.18. The average Bonchev–Trinajstić information content (AvgIpc) is 3.22. The maximum atomic E-state index is 11.3. The fraction of sp³-hybridized carbons (Fsp3) is 0.737. The van der Waals surface area contributed by atoms with E-state index in [-0.39, 0.29) is 6.10 Å². The molecule has 1 N–H and O–H groups in total. The van der Waals surface area contributed by atoms with Crippen LogP contribution in [0.3, 0.4) is 0 Å². The topological polar surface area (TPSA) is 37.5 Å². The summed E-state index contributed by atoms with van der Waals surface area (Å²) in [7, 11) is 0. The van der Waals surface area contributed by atoms with Crippen LogP contribution < -0.4 is 0 Å². The molecule has 4 unspecified atom stereocenters. The highest BCUT2D eigenvalue weighted by Gasteiger charge is 2.39. The van der Waals surface area contributed by atoms with Gasteiger partial charge < -0.3 is 5.11 Å². The van der Waals surface area contributed by atoms with E-state index in [2.05, 4.69) is 9.38 Å². The molecule has 0 spiro atoms. The number of nitrogens with zero attached hydrogens (tertiary/aromatic N) is 2. The second-order valence-electron chi connectivity index (χ2n) is 8.05. The highest BCUT2D eigenvalue weighted by molar-refractivity contribution is 7.17. The Labute approximate surface area is 141 Å². The van der Waals surface area contributed by atoms with E-state index in [1.54, 1.807) is 0 Å². The van der Waals surface area contributed by atoms with Gasteiger partial charge in [0.15, 0.2) is 0 Å². The fourth-order valence-corrected chi connectivity index (χ4v) is 6.48. The largest absolute Gasteiger partial charge is 0.387 e. The van der Waals surface area contributed by atoms with Gasteiger partial charge in [0.25, 0.3) is 0 Å². The van der Waals surface area contributed by atoms with Crippen molar-refractivity contribution in [3.8, 4) is 0 Å². The van der Waals surface area contributed by atoms with Crippen molar-refractivity contribution in [2.45, 2.75) is 69.8 Å². The van der Waals surface area contributed by atoms with Gasteiger partial charge in [-0.05, 0) is 55.8 Å². The lowest BCUT2D eigenvalue weighted by Crippen LogP contribution is -2.30. The Balaban J connectivity index is 1.44. The molecule has 3 aliphatic rings. The zero-order chi connectivity index (χ0) is 15.4. The quantitative estimate of drug-likeness (QED) is 0.868. The van der Waals surface area contributed by atoms with E-state index in [1.165, 1.54) is 73.2 Å². The molecule has 3 nitrogen and oxygen atoms in total. The van der Waals surface area contributed by atoms with E-state index >= 15 is 0 Å². The second-order valence-corrected chi connectivity index (χ2v) is 9.11. The van der Waals surface area contributed by atoms with Crippen molar-refractivity contribution in [1.82, 2.24) is 9.38 Å². The summed E-state index contributed by atoms with van der Waals surface area (Å²) in [6.07, 6.45) is 15.6. The summed E-state index contributed by atoms with van der Waals surface area (Å²) in [5, 5.41) is 11.3. The first-order valence-electron chi connectivity index (χ1n) is 9.44. The van der Waals surface area contributed by atoms with Crippen molar-refractivity contribution >= 4 is 16.2 Å². The summed E-state index contributed by atoms with van der Waals surface area (Å²) >= 11 is 1.86. The highest BCUT2D eigenvalue weighted by Crippen LogP contribution is 2.51. The minimum absolute atomic E-state index is 0.295. The van der Waals surface area contributed by atoms with Gasteiger partial charge in [0, 0.05) is 4.88 Å². The first kappa shape index (κ1) is 14.5. The van der Waals surface area contributed by atoms with Gasteiger partial charge in [-0.25, -0.2) is 4.98 Å². The number of aliphatic hydroxyl groups is 1. The molecular formula is C19H26N2OS. The van der Waals surface area contributed by atoms with Crippen LogP contribution in [0, 0.1) is 17.8 Å². The molecule has 4 atom stereocenters. The van der Waals surface area contributed by atoms with E-state index in [0.29, 0.717) is 11.8 Å². The monoisotopic (exact) mass is 330 g/mol. The maximum Gasteiger partial charge on any atom is 0.120 e. The molecule has 23 heavy (non-hydrogen) atoms. The summed E-state index contributed by atoms with van der Waals surface area (Å²) in [6.45, 7) is 0. The molecule has 0 aromatic carbocycles. The molecule has 0 radical (unpaired) electrons. The number of hydrogen-bond donors (Lipinski definition) is 1. The van der Waals surface area contributed by atoms with Crippen LogP contribution in [0.15, 0.2) is 12.5 Å². The van der Waals surface area contributed by atoms with Crippen LogP contribution in [0.25, 0.3) is 4.83 Å². The molecule has 3 saturated carbocycles. The molecule has 2 aromatic rings. The van der Waals surface area contributed by atoms with Gasteiger partial charge in [-0.2, -0.15) is 0 Å². The molecule has 2 aromatic heterocycles. The molecule has 4 heteroatoms. The third-order valence-electron chi connectivity index (χ3n) is 6.59. The van der Waals surface area contributed by atoms with Crippen molar-refractivity contribution < 1.29 is 5.11 Å². The first-order valence-corrected chi connectivity index (χ1v) is 10.3. The van der Waals surface area contributed by atoms with Crippen LogP contribution in [-0.4, -0.2) is 14.5 Å². The van der Waals surface area contributed by atoms with Crippen LogP contribution >= 0.6 is 11.3 Å². The molecule has 3 fully saturated rings. The zero-order valence-corrected chi connectivity index (χ0v) is 14.5. The summed E-state index contributed by atoms with van der Waals surface area (Å²) in [4.78, 5) is 6.94. The fourth-order valence-electron chi connectivity index (χ4n) is 5.17. The summed E-state index contributed by atoms with van der Waals surface area (Å²) in [5.74, 6) is 2.98. The molecule has 0 saturated heterocycles. The minimum atomic E-state index is -0.295. The normalized spacial score (nSPS) is 32.8. The van der Waals surface area contributed by atoms with Gasteiger partial charge in [0.2, 0.25) is 0 Å². The van der Waals surface area contributed by atoms with Gasteiger partial charge in [-0.1, -0.05) is 25.7 Å². The molecule has 5 rings (SSSR count). The summed E-state index contributed by atoms with van der Waals surface area (Å²) in [6, 6.07) is 0. The average molecular weight is 330 g/mol. The number of imidazole rings is 1. The number of rotatable bonds is 3. The van der Waals surface area contributed by atoms with E-state index in [1.807, 2.05) is 23.9 Å². The minimum Gasteiger partial charge on any atom is -0.387 e. The Bertz CT molecular complexity index is 701. The third kappa shape index (κ3) is 2.45. The Kier molecular flexibility index (Phi) is 3.52. The van der Waals surface area contributed by atoms with E-state index < -0.39 is 0 Å². The summed E-state index contributed by atoms with van der Waals surface area (Å²) < 4.78 is 2.18. The Morgan fingerprint density at radius 1 is 1.09 bits per heavy atom. The Morgan fingerprint density at radius 3 is 2.74 bits per heavy atom. The SMILES string of the molecule is OC(c1c(C2CC2)sc2cncn12)C1CCC2CCCCC2C1. The third-order valence-corrected chi connectivity index (χ3v) is 7.86. The molecule has 124 valence electrons. The number of hydrogen-bond acceptors (Lipinski definition) is 3. The number of aromatic nitrogens is 2. The Hall–Kier alpha value is -0.870. The highest BCUT2D eigenvalue weighted by atomic mass is 32.1. The van der Waals surface area contributed by atoms with Crippen LogP contribution in [0.2, 0.25) is 0 Å². The molecule has 0 aliphatic heterocycles. The number of aliphatic hydroxyl groups excluding tert-OH is 1. The molecule has 3 aliphatic carbocycles. The van der Waals surface area contributed by atoms with Crippen molar-refractivity contribution in [2.24, 2.45) is 17.8 Å². The van der Waals surface area contributed by atoms with Gasteiger partial charge >= 0.3 is 0 Å². The van der Waals surface area contributed by atoms with Crippen LogP contribution in [0.1, 0.15) is 80.4 Å². The zero-order valence-electron chi connectivity index (χ0n) is 13.7. The first-order chi connectivity index (χ1) is 11.3. The van der Waals surface area contributed by atoms with E-state index in [4.69, 9.17) is 0 Å². The number of thiazole rings is 1. The number of fused-ring (bicyclic) bond motifs is 2. The van der Waals surface area contributed by atoms with Crippen LogP contribution in [-0.2, 0) is 0 Å². The van der Waals surface area contributed by atoms with Crippen LogP contribution in [0.5, 0.6) is 0 Å². The van der Waals surface area contributed by atoms with Crippen molar-refractivity contribution in [2.75, 3.05) is 0 Å². The van der Waals surface area contributed by atoms with Gasteiger partial charge in [0.1, 0.15) is 11.2 Å². The van der Waals surface area contributed by atoms with Gasteiger partial charge in [-0.3, -0.25) is 4.40 Å². The predicted molar refractivity (Wildman–Crippen MR) is 92.8 cm³/mol. The molecule has 2 heterocycles. The second kappa shape index (κ2) is 5.59. The smallest absolute Gasteiger partial charge is 0.120 e. The van der Waals surface area contributed by atoms with Crippen LogP contribution in [0.4, 0.5) is 0 Å². The van der Waals surface area contributed by atoms with Gasteiger partial charge in [-0.15, -0.1) is 11.3 Å². The standard InChI is InChI=1S/C19H26N2OS/c22-18(15-8-5-12-3-1-2-4-14(12)9-15)17-19(13-6-7-13)23-16-10-20-11-21(16)17/h10-15,18,22H,1-9H2. The van der Waals surface area contributed by atoms with Crippen molar-refractivity contribution in [3.05, 3.63) is 23.1 Å². The lowest BCUT2D eigenvalue weighted by Gasteiger charge is -2.40. The van der Waals surface area contributed by atoms with Crippen molar-refractivity contribution in [3.63, 3.8) is 0 Å². The maximum absolute atomic E-state index is 11.3.